The second kappa shape index (κ2) is 8.91. The largest absolute Gasteiger partial charge is 0.227 e. The third-order valence-electron chi connectivity index (χ3n) is 5.22. The van der Waals surface area contributed by atoms with Crippen LogP contribution < -0.4 is 0 Å². The summed E-state index contributed by atoms with van der Waals surface area (Å²) >= 11 is 11.8. The first-order valence-corrected chi connectivity index (χ1v) is 10.9. The number of nitrogens with zero attached hydrogens (tertiary/aromatic N) is 3. The van der Waals surface area contributed by atoms with Crippen molar-refractivity contribution in [2.45, 2.75) is 0 Å². The highest BCUT2D eigenvalue weighted by Crippen LogP contribution is 2.30. The number of rotatable bonds is 4. The minimum Gasteiger partial charge on any atom is -0.198 e. The van der Waals surface area contributed by atoms with Gasteiger partial charge in [-0.05, 0) is 68.7 Å². The summed E-state index contributed by atoms with van der Waals surface area (Å²) in [6.45, 7) is 0. The van der Waals surface area contributed by atoms with Crippen molar-refractivity contribution in [3.05, 3.63) is 114 Å². The maximum atomic E-state index is 5.91. The van der Waals surface area contributed by atoms with Crippen LogP contribution in [-0.2, 0) is 0 Å². The van der Waals surface area contributed by atoms with Crippen molar-refractivity contribution >= 4 is 23.2 Å². The van der Waals surface area contributed by atoms with E-state index in [1.165, 1.54) is 22.3 Å². The molecule has 0 aliphatic carbocycles. The number of aromatic nitrogens is 3. The van der Waals surface area contributed by atoms with Gasteiger partial charge in [0.05, 0.1) is 0 Å². The lowest BCUT2D eigenvalue weighted by atomic mass is 9.96. The van der Waals surface area contributed by atoms with Crippen LogP contribution in [0.1, 0.15) is 0 Å². The molecule has 0 saturated carbocycles. The van der Waals surface area contributed by atoms with Gasteiger partial charge in [-0.3, -0.25) is 0 Å². The molecule has 0 unspecified atom stereocenters. The number of hydrogen-bond acceptors (Lipinski definition) is 3. The number of benzene rings is 4. The van der Waals surface area contributed by atoms with Gasteiger partial charge in [-0.15, -0.1) is 0 Å². The summed E-state index contributed by atoms with van der Waals surface area (Å²) in [6.07, 6.45) is 0. The summed E-state index contributed by atoms with van der Waals surface area (Å²) in [7, 11) is 0. The van der Waals surface area contributed by atoms with E-state index in [9.17, 15) is 0 Å². The molecule has 3 nitrogen and oxygen atoms in total. The van der Waals surface area contributed by atoms with Crippen molar-refractivity contribution in [3.63, 3.8) is 0 Å². The lowest BCUT2D eigenvalue weighted by Gasteiger charge is -2.09. The van der Waals surface area contributed by atoms with Crippen LogP contribution in [0.15, 0.2) is 103 Å². The van der Waals surface area contributed by atoms with Gasteiger partial charge in [0.1, 0.15) is 0 Å². The Morgan fingerprint density at radius 2 is 0.781 bits per heavy atom. The topological polar surface area (TPSA) is 38.7 Å². The Kier molecular flexibility index (Phi) is 5.68. The molecule has 0 atom stereocenters. The molecular weight excluding hydrogens is 437 g/mol. The van der Waals surface area contributed by atoms with Gasteiger partial charge in [0, 0.05) is 5.56 Å². The molecule has 0 spiro atoms. The fraction of sp³-hybridized carbons (Fsp3) is 0. The van der Waals surface area contributed by atoms with Crippen molar-refractivity contribution < 1.29 is 0 Å². The van der Waals surface area contributed by atoms with E-state index in [0.29, 0.717) is 5.82 Å². The van der Waals surface area contributed by atoms with Crippen LogP contribution in [0.3, 0.4) is 0 Å². The van der Waals surface area contributed by atoms with E-state index in [2.05, 4.69) is 87.7 Å². The van der Waals surface area contributed by atoms with Gasteiger partial charge >= 0.3 is 0 Å². The molecule has 1 aromatic heterocycles. The highest BCUT2D eigenvalue weighted by molar-refractivity contribution is 6.31. The predicted octanol–water partition coefficient (Wildman–Crippen LogP) is 7.85. The molecule has 0 amide bonds. The monoisotopic (exact) mass is 453 g/mol. The molecule has 5 rings (SSSR count). The average molecular weight is 454 g/mol. The molecule has 0 bridgehead atoms. The van der Waals surface area contributed by atoms with E-state index < -0.39 is 0 Å². The maximum Gasteiger partial charge on any atom is 0.227 e. The highest BCUT2D eigenvalue weighted by atomic mass is 35.5. The lowest BCUT2D eigenvalue weighted by Crippen LogP contribution is -1.93. The minimum atomic E-state index is 0.0783. The van der Waals surface area contributed by atoms with Crippen molar-refractivity contribution in [1.82, 2.24) is 15.0 Å². The Bertz CT molecular complexity index is 1360. The molecule has 0 aliphatic heterocycles. The van der Waals surface area contributed by atoms with Crippen molar-refractivity contribution in [3.8, 4) is 44.8 Å². The Hall–Kier alpha value is -3.53. The second-order valence-corrected chi connectivity index (χ2v) is 7.98. The van der Waals surface area contributed by atoms with Crippen LogP contribution in [0.4, 0.5) is 0 Å². The van der Waals surface area contributed by atoms with Gasteiger partial charge in [-0.1, -0.05) is 91.0 Å². The fourth-order valence-corrected chi connectivity index (χ4v) is 4.02. The molecule has 0 fully saturated rings. The van der Waals surface area contributed by atoms with Gasteiger partial charge in [-0.2, -0.15) is 15.0 Å². The minimum absolute atomic E-state index is 0.0783. The van der Waals surface area contributed by atoms with E-state index in [1.807, 2.05) is 30.3 Å². The summed E-state index contributed by atoms with van der Waals surface area (Å²) in [5.41, 5.74) is 7.81. The third kappa shape index (κ3) is 4.40. The fourth-order valence-electron chi connectivity index (χ4n) is 3.65. The Morgan fingerprint density at radius 1 is 0.375 bits per heavy atom. The standard InChI is InChI=1S/C27H17Cl2N3/c28-26-30-25(31-27(29)32-26)20-14-12-19(13-15-20)22-9-5-11-24(17-22)23-10-4-8-21(16-23)18-6-2-1-3-7-18/h1-17H. The molecule has 5 aromatic rings. The van der Waals surface area contributed by atoms with Gasteiger partial charge in [-0.25, -0.2) is 0 Å². The zero-order valence-corrected chi connectivity index (χ0v) is 18.4. The van der Waals surface area contributed by atoms with Crippen LogP contribution in [-0.4, -0.2) is 15.0 Å². The Balaban J connectivity index is 1.46. The molecule has 4 aromatic carbocycles. The van der Waals surface area contributed by atoms with Gasteiger partial charge < -0.3 is 0 Å². The highest BCUT2D eigenvalue weighted by Gasteiger charge is 2.08. The van der Waals surface area contributed by atoms with Crippen molar-refractivity contribution in [2.75, 3.05) is 0 Å². The van der Waals surface area contributed by atoms with E-state index in [1.54, 1.807) is 0 Å². The molecule has 0 N–H and O–H groups in total. The normalized spacial score (nSPS) is 10.8. The molecule has 0 saturated heterocycles. The third-order valence-corrected chi connectivity index (χ3v) is 5.56. The molecular formula is C27H17Cl2N3. The molecule has 154 valence electrons. The lowest BCUT2D eigenvalue weighted by molar-refractivity contribution is 1.06. The summed E-state index contributed by atoms with van der Waals surface area (Å²) in [4.78, 5) is 12.1. The van der Waals surface area contributed by atoms with E-state index in [-0.39, 0.29) is 10.6 Å². The summed E-state index contributed by atoms with van der Waals surface area (Å²) in [6, 6.07) is 35.6. The van der Waals surface area contributed by atoms with E-state index in [4.69, 9.17) is 23.2 Å². The molecule has 5 heteroatoms. The predicted molar refractivity (Wildman–Crippen MR) is 132 cm³/mol. The average Bonchev–Trinajstić information content (AvgIpc) is 2.84. The molecule has 0 radical (unpaired) electrons. The zero-order valence-electron chi connectivity index (χ0n) is 16.9. The molecule has 0 aliphatic rings. The van der Waals surface area contributed by atoms with Crippen LogP contribution >= 0.6 is 23.2 Å². The van der Waals surface area contributed by atoms with Gasteiger partial charge in [0.2, 0.25) is 10.6 Å². The van der Waals surface area contributed by atoms with Crippen LogP contribution in [0.25, 0.3) is 44.8 Å². The Labute approximate surface area is 196 Å². The SMILES string of the molecule is Clc1nc(Cl)nc(-c2ccc(-c3cccc(-c4cccc(-c5ccccc5)c4)c3)cc2)n1. The second-order valence-electron chi connectivity index (χ2n) is 7.30. The van der Waals surface area contributed by atoms with E-state index >= 15 is 0 Å². The summed E-state index contributed by atoms with van der Waals surface area (Å²) in [5, 5.41) is 0.157. The molecule has 32 heavy (non-hydrogen) atoms. The molecule has 1 heterocycles. The van der Waals surface area contributed by atoms with E-state index in [0.717, 1.165) is 16.7 Å². The van der Waals surface area contributed by atoms with Crippen LogP contribution in [0, 0.1) is 0 Å². The smallest absolute Gasteiger partial charge is 0.198 e. The summed E-state index contributed by atoms with van der Waals surface area (Å²) < 4.78 is 0. The first-order chi connectivity index (χ1) is 15.7. The van der Waals surface area contributed by atoms with Gasteiger partial charge in [0.25, 0.3) is 0 Å². The Morgan fingerprint density at radius 3 is 1.31 bits per heavy atom. The number of hydrogen-bond donors (Lipinski definition) is 0. The van der Waals surface area contributed by atoms with Crippen molar-refractivity contribution in [2.24, 2.45) is 0 Å². The van der Waals surface area contributed by atoms with Crippen LogP contribution in [0.2, 0.25) is 10.6 Å². The first kappa shape index (κ1) is 20.4. The quantitative estimate of drug-likeness (QED) is 0.278. The summed E-state index contributed by atoms with van der Waals surface area (Å²) in [5.74, 6) is 0.452. The zero-order chi connectivity index (χ0) is 21.9. The first-order valence-electron chi connectivity index (χ1n) is 10.1. The maximum absolute atomic E-state index is 5.91. The van der Waals surface area contributed by atoms with Gasteiger partial charge in [0.15, 0.2) is 5.82 Å². The number of halogens is 2. The van der Waals surface area contributed by atoms with Crippen molar-refractivity contribution in [1.29, 1.82) is 0 Å². The van der Waals surface area contributed by atoms with Crippen LogP contribution in [0.5, 0.6) is 0 Å².